The molecule has 0 amide bonds. The predicted molar refractivity (Wildman–Crippen MR) is 82.5 cm³/mol. The average Bonchev–Trinajstić information content (AvgIpc) is 2.42. The van der Waals surface area contributed by atoms with E-state index in [-0.39, 0.29) is 11.2 Å². The molecule has 1 aromatic carbocycles. The molecule has 114 valence electrons. The molecule has 0 fully saturated rings. The Hall–Kier alpha value is -0.930. The lowest BCUT2D eigenvalue weighted by atomic mass is 9.72. The third-order valence-corrected chi connectivity index (χ3v) is 4.14. The summed E-state index contributed by atoms with van der Waals surface area (Å²) in [7, 11) is 1.74. The fourth-order valence-corrected chi connectivity index (χ4v) is 2.92. The fraction of sp³-hybridized carbons (Fsp3) is 0.647. The third-order valence-electron chi connectivity index (χ3n) is 4.14. The quantitative estimate of drug-likeness (QED) is 0.783. The highest BCUT2D eigenvalue weighted by molar-refractivity contribution is 5.26. The summed E-state index contributed by atoms with van der Waals surface area (Å²) >= 11 is 0. The van der Waals surface area contributed by atoms with Crippen molar-refractivity contribution in [3.8, 4) is 0 Å². The molecule has 3 heteroatoms. The lowest BCUT2D eigenvalue weighted by Crippen LogP contribution is -2.49. The van der Waals surface area contributed by atoms with Gasteiger partial charge in [-0.3, -0.25) is 0 Å². The molecule has 0 saturated heterocycles. The number of ether oxygens (including phenoxy) is 1. The van der Waals surface area contributed by atoms with Gasteiger partial charge in [-0.25, -0.2) is 4.39 Å². The highest BCUT2D eigenvalue weighted by atomic mass is 19.1. The second-order valence-corrected chi connectivity index (χ2v) is 6.02. The van der Waals surface area contributed by atoms with Crippen LogP contribution in [0.3, 0.4) is 0 Å². The van der Waals surface area contributed by atoms with E-state index < -0.39 is 0 Å². The lowest BCUT2D eigenvalue weighted by molar-refractivity contribution is 0.155. The van der Waals surface area contributed by atoms with Gasteiger partial charge in [-0.2, -0.15) is 0 Å². The van der Waals surface area contributed by atoms with Gasteiger partial charge in [-0.15, -0.1) is 0 Å². The number of rotatable bonds is 8. The molecule has 2 nitrogen and oxygen atoms in total. The number of benzene rings is 1. The zero-order valence-electron chi connectivity index (χ0n) is 13.4. The van der Waals surface area contributed by atoms with Gasteiger partial charge in [0, 0.05) is 25.2 Å². The van der Waals surface area contributed by atoms with E-state index in [1.54, 1.807) is 19.2 Å². The highest BCUT2D eigenvalue weighted by Gasteiger charge is 2.34. The number of likely N-dealkylation sites (N-methyl/N-ethyl adjacent to an activating group) is 1. The van der Waals surface area contributed by atoms with E-state index in [0.717, 1.165) is 25.1 Å². The van der Waals surface area contributed by atoms with E-state index in [9.17, 15) is 4.39 Å². The van der Waals surface area contributed by atoms with E-state index in [1.165, 1.54) is 0 Å². The first kappa shape index (κ1) is 17.1. The topological polar surface area (TPSA) is 21.3 Å². The van der Waals surface area contributed by atoms with Crippen molar-refractivity contribution >= 4 is 0 Å². The summed E-state index contributed by atoms with van der Waals surface area (Å²) in [6, 6.07) is 7.19. The van der Waals surface area contributed by atoms with Crippen molar-refractivity contribution in [1.82, 2.24) is 5.32 Å². The van der Waals surface area contributed by atoms with E-state index in [2.05, 4.69) is 33.0 Å². The number of halogens is 1. The molecule has 1 rings (SSSR count). The summed E-state index contributed by atoms with van der Waals surface area (Å²) in [5, 5.41) is 3.60. The minimum atomic E-state index is -0.183. The maximum absolute atomic E-state index is 13.1. The van der Waals surface area contributed by atoms with E-state index >= 15 is 0 Å². The molecule has 20 heavy (non-hydrogen) atoms. The van der Waals surface area contributed by atoms with Crippen LogP contribution in [0.2, 0.25) is 0 Å². The molecule has 0 spiro atoms. The minimum absolute atomic E-state index is 0.0587. The summed E-state index contributed by atoms with van der Waals surface area (Å²) in [4.78, 5) is 0. The molecule has 0 bridgehead atoms. The van der Waals surface area contributed by atoms with Gasteiger partial charge in [0.05, 0.1) is 0 Å². The van der Waals surface area contributed by atoms with Gasteiger partial charge in [-0.05, 0) is 36.6 Å². The molecule has 2 atom stereocenters. The van der Waals surface area contributed by atoms with Crippen LogP contribution in [0.5, 0.6) is 0 Å². The first-order chi connectivity index (χ1) is 9.43. The molecule has 0 aliphatic rings. The van der Waals surface area contributed by atoms with E-state index in [4.69, 9.17) is 4.74 Å². The van der Waals surface area contributed by atoms with Gasteiger partial charge in [0.15, 0.2) is 0 Å². The zero-order valence-corrected chi connectivity index (χ0v) is 13.4. The van der Waals surface area contributed by atoms with Crippen LogP contribution in [0.1, 0.15) is 39.7 Å². The number of nitrogens with one attached hydrogen (secondary N) is 1. The van der Waals surface area contributed by atoms with Crippen molar-refractivity contribution in [1.29, 1.82) is 0 Å². The van der Waals surface area contributed by atoms with Crippen LogP contribution in [0, 0.1) is 11.7 Å². The van der Waals surface area contributed by atoms with Gasteiger partial charge in [0.25, 0.3) is 0 Å². The fourth-order valence-electron chi connectivity index (χ4n) is 2.92. The molecule has 0 aliphatic carbocycles. The molecule has 0 saturated carbocycles. The number of methoxy groups -OCH3 is 1. The van der Waals surface area contributed by atoms with Crippen LogP contribution in [0.4, 0.5) is 4.39 Å². The predicted octanol–water partition coefficient (Wildman–Crippen LogP) is 3.75. The SMILES string of the molecule is CCNC(C(C)CCOC)C(C)(C)c1ccc(F)cc1. The maximum atomic E-state index is 13.1. The van der Waals surface area contributed by atoms with Gasteiger partial charge in [0.1, 0.15) is 5.82 Å². The number of hydrogen-bond acceptors (Lipinski definition) is 2. The van der Waals surface area contributed by atoms with E-state index in [1.807, 2.05) is 12.1 Å². The average molecular weight is 281 g/mol. The molecule has 0 heterocycles. The second kappa shape index (κ2) is 7.75. The Labute approximate surface area is 122 Å². The summed E-state index contributed by atoms with van der Waals surface area (Å²) in [5.74, 6) is 0.298. The van der Waals surface area contributed by atoms with Crippen LogP contribution >= 0.6 is 0 Å². The smallest absolute Gasteiger partial charge is 0.123 e. The van der Waals surface area contributed by atoms with Crippen molar-refractivity contribution in [3.63, 3.8) is 0 Å². The van der Waals surface area contributed by atoms with Crippen LogP contribution < -0.4 is 5.32 Å². The Morgan fingerprint density at radius 3 is 2.35 bits per heavy atom. The molecule has 2 unspecified atom stereocenters. The van der Waals surface area contributed by atoms with Gasteiger partial charge >= 0.3 is 0 Å². The molecular weight excluding hydrogens is 253 g/mol. The first-order valence-electron chi connectivity index (χ1n) is 7.41. The maximum Gasteiger partial charge on any atom is 0.123 e. The van der Waals surface area contributed by atoms with E-state index in [0.29, 0.717) is 12.0 Å². The summed E-state index contributed by atoms with van der Waals surface area (Å²) in [5.41, 5.74) is 1.10. The third kappa shape index (κ3) is 4.29. The van der Waals surface area contributed by atoms with Crippen molar-refractivity contribution < 1.29 is 9.13 Å². The van der Waals surface area contributed by atoms with Gasteiger partial charge in [-0.1, -0.05) is 39.8 Å². The Kier molecular flexibility index (Phi) is 6.63. The van der Waals surface area contributed by atoms with Gasteiger partial charge in [0.2, 0.25) is 0 Å². The Bertz CT molecular complexity index is 388. The molecule has 1 aromatic rings. The molecular formula is C17H28FNO. The minimum Gasteiger partial charge on any atom is -0.385 e. The van der Waals surface area contributed by atoms with Crippen LogP contribution in [-0.2, 0) is 10.2 Å². The van der Waals surface area contributed by atoms with Crippen molar-refractivity contribution in [2.24, 2.45) is 5.92 Å². The van der Waals surface area contributed by atoms with Gasteiger partial charge < -0.3 is 10.1 Å². The molecule has 0 radical (unpaired) electrons. The monoisotopic (exact) mass is 281 g/mol. The Morgan fingerprint density at radius 1 is 1.25 bits per heavy atom. The normalized spacial score (nSPS) is 15.1. The van der Waals surface area contributed by atoms with Crippen LogP contribution in [0.25, 0.3) is 0 Å². The lowest BCUT2D eigenvalue weighted by Gasteiger charge is -2.39. The highest BCUT2D eigenvalue weighted by Crippen LogP contribution is 2.32. The molecule has 0 aromatic heterocycles. The second-order valence-electron chi connectivity index (χ2n) is 6.02. The molecule has 1 N–H and O–H groups in total. The largest absolute Gasteiger partial charge is 0.385 e. The van der Waals surface area contributed by atoms with Crippen molar-refractivity contribution in [2.75, 3.05) is 20.3 Å². The molecule has 0 aliphatic heterocycles. The Balaban J connectivity index is 2.95. The van der Waals surface area contributed by atoms with Crippen molar-refractivity contribution in [3.05, 3.63) is 35.6 Å². The summed E-state index contributed by atoms with van der Waals surface area (Å²) < 4.78 is 18.3. The zero-order chi connectivity index (χ0) is 15.2. The van der Waals surface area contributed by atoms with Crippen LogP contribution in [0.15, 0.2) is 24.3 Å². The Morgan fingerprint density at radius 2 is 1.85 bits per heavy atom. The van der Waals surface area contributed by atoms with Crippen LogP contribution in [-0.4, -0.2) is 26.3 Å². The summed E-state index contributed by atoms with van der Waals surface area (Å²) in [6.07, 6.45) is 1.01. The first-order valence-corrected chi connectivity index (χ1v) is 7.41. The number of hydrogen-bond donors (Lipinski definition) is 1. The standard InChI is InChI=1S/C17H28FNO/c1-6-19-16(13(2)11-12-20-5)17(3,4)14-7-9-15(18)10-8-14/h7-10,13,16,19H,6,11-12H2,1-5H3. The van der Waals surface area contributed by atoms with Crippen molar-refractivity contribution in [2.45, 2.75) is 45.6 Å². The summed E-state index contributed by atoms with van der Waals surface area (Å²) in [6.45, 7) is 10.5.